The van der Waals surface area contributed by atoms with Crippen LogP contribution in [-0.4, -0.2) is 12.5 Å². The van der Waals surface area contributed by atoms with Crippen LogP contribution in [0, 0.1) is 12.7 Å². The molecule has 0 fully saturated rings. The minimum Gasteiger partial charge on any atom is -0.493 e. The molecule has 3 nitrogen and oxygen atoms in total. The number of carbonyl (C=O) groups is 1. The van der Waals surface area contributed by atoms with Gasteiger partial charge in [0, 0.05) is 4.47 Å². The Kier molecular flexibility index (Phi) is 5.33. The van der Waals surface area contributed by atoms with E-state index in [9.17, 15) is 9.18 Å². The molecule has 0 aliphatic carbocycles. The monoisotopic (exact) mass is 351 g/mol. The summed E-state index contributed by atoms with van der Waals surface area (Å²) in [6.07, 6.45) is 0.156. The fourth-order valence-corrected chi connectivity index (χ4v) is 2.10. The van der Waals surface area contributed by atoms with E-state index in [0.717, 1.165) is 11.3 Å². The summed E-state index contributed by atoms with van der Waals surface area (Å²) in [5.41, 5.74) is 1.26. The van der Waals surface area contributed by atoms with Gasteiger partial charge in [-0.1, -0.05) is 28.1 Å². The Hall–Kier alpha value is -1.88. The van der Waals surface area contributed by atoms with E-state index < -0.39 is 5.82 Å². The van der Waals surface area contributed by atoms with E-state index in [1.54, 1.807) is 6.07 Å². The van der Waals surface area contributed by atoms with E-state index in [-0.39, 0.29) is 24.6 Å². The summed E-state index contributed by atoms with van der Waals surface area (Å²) < 4.78 is 19.7. The van der Waals surface area contributed by atoms with Crippen molar-refractivity contribution in [2.75, 3.05) is 11.9 Å². The maximum atomic E-state index is 13.6. The Balaban J connectivity index is 1.82. The maximum Gasteiger partial charge on any atom is 0.227 e. The number of aryl methyl sites for hydroxylation is 1. The van der Waals surface area contributed by atoms with Crippen molar-refractivity contribution in [1.29, 1.82) is 0 Å². The van der Waals surface area contributed by atoms with Gasteiger partial charge in [0.1, 0.15) is 11.6 Å². The molecule has 110 valence electrons. The molecule has 0 atom stereocenters. The third-order valence-electron chi connectivity index (χ3n) is 2.79. The van der Waals surface area contributed by atoms with E-state index >= 15 is 0 Å². The third kappa shape index (κ3) is 4.86. The molecular weight excluding hydrogens is 337 g/mol. The number of rotatable bonds is 5. The highest BCUT2D eigenvalue weighted by Gasteiger charge is 2.07. The Morgan fingerprint density at radius 1 is 1.29 bits per heavy atom. The van der Waals surface area contributed by atoms with E-state index in [0.29, 0.717) is 4.47 Å². The normalized spacial score (nSPS) is 10.2. The number of nitrogens with one attached hydrogen (secondary N) is 1. The zero-order chi connectivity index (χ0) is 15.2. The van der Waals surface area contributed by atoms with Gasteiger partial charge >= 0.3 is 0 Å². The molecule has 2 aromatic rings. The van der Waals surface area contributed by atoms with Crippen LogP contribution in [0.2, 0.25) is 0 Å². The molecule has 0 spiro atoms. The van der Waals surface area contributed by atoms with Crippen LogP contribution in [0.1, 0.15) is 12.0 Å². The first-order valence-corrected chi connectivity index (χ1v) is 7.28. The number of carbonyl (C=O) groups excluding carboxylic acids is 1. The lowest BCUT2D eigenvalue weighted by atomic mass is 10.2. The third-order valence-corrected chi connectivity index (χ3v) is 3.29. The van der Waals surface area contributed by atoms with E-state index in [1.165, 1.54) is 12.1 Å². The van der Waals surface area contributed by atoms with Crippen molar-refractivity contribution < 1.29 is 13.9 Å². The quantitative estimate of drug-likeness (QED) is 0.871. The van der Waals surface area contributed by atoms with Crippen molar-refractivity contribution in [3.05, 3.63) is 58.3 Å². The lowest BCUT2D eigenvalue weighted by molar-refractivity contribution is -0.116. The minimum atomic E-state index is -0.475. The second-order valence-corrected chi connectivity index (χ2v) is 5.50. The van der Waals surface area contributed by atoms with Crippen molar-refractivity contribution in [1.82, 2.24) is 0 Å². The Bertz CT molecular complexity index is 646. The fraction of sp³-hybridized carbons (Fsp3) is 0.188. The van der Waals surface area contributed by atoms with Crippen molar-refractivity contribution in [3.8, 4) is 5.75 Å². The van der Waals surface area contributed by atoms with Crippen LogP contribution in [0.15, 0.2) is 46.9 Å². The first-order chi connectivity index (χ1) is 10.0. The molecule has 0 saturated heterocycles. The number of halogens is 2. The molecule has 0 bridgehead atoms. The summed E-state index contributed by atoms with van der Waals surface area (Å²) in [5.74, 6) is -0.0428. The average molecular weight is 352 g/mol. The molecule has 5 heteroatoms. The van der Waals surface area contributed by atoms with Gasteiger partial charge in [0.25, 0.3) is 0 Å². The second kappa shape index (κ2) is 7.22. The Labute approximate surface area is 131 Å². The molecule has 0 radical (unpaired) electrons. The van der Waals surface area contributed by atoms with Crippen LogP contribution >= 0.6 is 15.9 Å². The fourth-order valence-electron chi connectivity index (χ4n) is 1.77. The van der Waals surface area contributed by atoms with Crippen LogP contribution in [0.25, 0.3) is 0 Å². The highest BCUT2D eigenvalue weighted by atomic mass is 79.9. The van der Waals surface area contributed by atoms with E-state index in [4.69, 9.17) is 4.74 Å². The van der Waals surface area contributed by atoms with Gasteiger partial charge in [-0.3, -0.25) is 4.79 Å². The summed E-state index contributed by atoms with van der Waals surface area (Å²) in [7, 11) is 0. The van der Waals surface area contributed by atoms with Crippen molar-refractivity contribution >= 4 is 27.5 Å². The summed E-state index contributed by atoms with van der Waals surface area (Å²) in [6, 6.07) is 12.1. The molecular formula is C16H15BrFNO2. The molecule has 0 aliphatic heterocycles. The second-order valence-electron chi connectivity index (χ2n) is 4.59. The van der Waals surface area contributed by atoms with Crippen LogP contribution in [0.5, 0.6) is 5.75 Å². The van der Waals surface area contributed by atoms with E-state index in [1.807, 2.05) is 31.2 Å². The van der Waals surface area contributed by atoms with Gasteiger partial charge in [-0.25, -0.2) is 4.39 Å². The van der Waals surface area contributed by atoms with Crippen molar-refractivity contribution in [2.24, 2.45) is 0 Å². The number of benzene rings is 2. The summed E-state index contributed by atoms with van der Waals surface area (Å²) in [6.45, 7) is 2.21. The summed E-state index contributed by atoms with van der Waals surface area (Å²) in [4.78, 5) is 11.7. The Morgan fingerprint density at radius 3 is 2.81 bits per heavy atom. The maximum absolute atomic E-state index is 13.6. The predicted molar refractivity (Wildman–Crippen MR) is 84.0 cm³/mol. The number of ether oxygens (including phenoxy) is 1. The number of amides is 1. The van der Waals surface area contributed by atoms with Gasteiger partial charge in [0.2, 0.25) is 5.91 Å². The summed E-state index contributed by atoms with van der Waals surface area (Å²) in [5, 5.41) is 2.52. The number of anilines is 1. The average Bonchev–Trinajstić information content (AvgIpc) is 2.42. The molecule has 0 aliphatic rings. The molecule has 0 aromatic heterocycles. The van der Waals surface area contributed by atoms with Crippen LogP contribution in [0.3, 0.4) is 0 Å². The minimum absolute atomic E-state index is 0.156. The molecule has 1 N–H and O–H groups in total. The van der Waals surface area contributed by atoms with Gasteiger partial charge in [0.05, 0.1) is 18.7 Å². The molecule has 0 unspecified atom stereocenters. The molecule has 0 saturated carbocycles. The predicted octanol–water partition coefficient (Wildman–Crippen LogP) is 4.30. The van der Waals surface area contributed by atoms with Crippen molar-refractivity contribution in [3.63, 3.8) is 0 Å². The lowest BCUT2D eigenvalue weighted by Crippen LogP contribution is -2.16. The highest BCUT2D eigenvalue weighted by Crippen LogP contribution is 2.19. The highest BCUT2D eigenvalue weighted by molar-refractivity contribution is 9.10. The Morgan fingerprint density at radius 2 is 2.10 bits per heavy atom. The first kappa shape index (κ1) is 15.5. The lowest BCUT2D eigenvalue weighted by Gasteiger charge is -2.08. The largest absolute Gasteiger partial charge is 0.493 e. The molecule has 1 amide bonds. The van der Waals surface area contributed by atoms with Gasteiger partial charge in [0.15, 0.2) is 0 Å². The number of hydrogen-bond donors (Lipinski definition) is 1. The first-order valence-electron chi connectivity index (χ1n) is 6.49. The molecule has 0 heterocycles. The molecule has 2 rings (SSSR count). The van der Waals surface area contributed by atoms with Gasteiger partial charge in [-0.15, -0.1) is 0 Å². The zero-order valence-corrected chi connectivity index (χ0v) is 13.1. The number of hydrogen-bond acceptors (Lipinski definition) is 2. The van der Waals surface area contributed by atoms with E-state index in [2.05, 4.69) is 21.2 Å². The van der Waals surface area contributed by atoms with Crippen LogP contribution in [-0.2, 0) is 4.79 Å². The van der Waals surface area contributed by atoms with Crippen LogP contribution < -0.4 is 10.1 Å². The SMILES string of the molecule is Cc1cccc(OCCC(=O)Nc2ccc(Br)cc2F)c1. The van der Waals surface area contributed by atoms with Gasteiger partial charge in [-0.2, -0.15) is 0 Å². The smallest absolute Gasteiger partial charge is 0.227 e. The van der Waals surface area contributed by atoms with Crippen LogP contribution in [0.4, 0.5) is 10.1 Å². The topological polar surface area (TPSA) is 38.3 Å². The molecule has 2 aromatic carbocycles. The summed E-state index contributed by atoms with van der Waals surface area (Å²) >= 11 is 3.16. The molecule has 21 heavy (non-hydrogen) atoms. The van der Waals surface area contributed by atoms with Gasteiger partial charge in [-0.05, 0) is 42.8 Å². The zero-order valence-electron chi connectivity index (χ0n) is 11.5. The van der Waals surface area contributed by atoms with Crippen molar-refractivity contribution in [2.45, 2.75) is 13.3 Å². The van der Waals surface area contributed by atoms with Gasteiger partial charge < -0.3 is 10.1 Å². The standard InChI is InChI=1S/C16H15BrFNO2/c1-11-3-2-4-13(9-11)21-8-7-16(20)19-15-6-5-12(17)10-14(15)18/h2-6,9-10H,7-8H2,1H3,(H,19,20).